The number of carbonyl (C=O) groups excluding carboxylic acids is 1. The first-order valence-corrected chi connectivity index (χ1v) is 6.62. The molecule has 0 saturated carbocycles. The second-order valence-corrected chi connectivity index (χ2v) is 5.27. The topological polar surface area (TPSA) is 32.3 Å². The second-order valence-electron chi connectivity index (χ2n) is 5.27. The molecule has 0 aliphatic carbocycles. The predicted octanol–water partition coefficient (Wildman–Crippen LogP) is 2.01. The monoisotopic (exact) mass is 246 g/mol. The van der Waals surface area contributed by atoms with Crippen molar-refractivity contribution in [2.75, 3.05) is 13.6 Å². The van der Waals surface area contributed by atoms with Crippen molar-refractivity contribution in [3.8, 4) is 0 Å². The number of likely N-dealkylation sites (N-methyl/N-ethyl adjacent to an activating group) is 1. The van der Waals surface area contributed by atoms with Crippen molar-refractivity contribution in [1.29, 1.82) is 0 Å². The normalized spacial score (nSPS) is 18.9. The highest BCUT2D eigenvalue weighted by atomic mass is 16.2. The van der Waals surface area contributed by atoms with Gasteiger partial charge in [-0.2, -0.15) is 0 Å². The molecule has 1 heterocycles. The molecule has 1 aliphatic heterocycles. The Bertz CT molecular complexity index is 436. The van der Waals surface area contributed by atoms with Gasteiger partial charge in [-0.1, -0.05) is 23.8 Å². The quantitative estimate of drug-likeness (QED) is 0.885. The average Bonchev–Trinajstić information content (AvgIpc) is 2.85. The zero-order valence-corrected chi connectivity index (χ0v) is 11.5. The molecule has 2 rings (SSSR count). The summed E-state index contributed by atoms with van der Waals surface area (Å²) in [5.41, 5.74) is 3.76. The van der Waals surface area contributed by atoms with Crippen LogP contribution in [0.2, 0.25) is 0 Å². The molecule has 0 aromatic heterocycles. The summed E-state index contributed by atoms with van der Waals surface area (Å²) in [7, 11) is 1.89. The lowest BCUT2D eigenvalue weighted by Gasteiger charge is -2.22. The highest BCUT2D eigenvalue weighted by Crippen LogP contribution is 2.14. The maximum absolute atomic E-state index is 12.2. The number of nitrogens with one attached hydrogen (secondary N) is 1. The van der Waals surface area contributed by atoms with Crippen molar-refractivity contribution in [2.24, 2.45) is 0 Å². The van der Waals surface area contributed by atoms with Crippen LogP contribution in [-0.2, 0) is 11.3 Å². The Morgan fingerprint density at radius 2 is 2.22 bits per heavy atom. The van der Waals surface area contributed by atoms with Gasteiger partial charge in [0.15, 0.2) is 0 Å². The first-order chi connectivity index (χ1) is 8.58. The van der Waals surface area contributed by atoms with E-state index in [1.54, 1.807) is 0 Å². The third kappa shape index (κ3) is 2.91. The Hall–Kier alpha value is -1.35. The molecule has 0 spiro atoms. The highest BCUT2D eigenvalue weighted by molar-refractivity contribution is 5.81. The highest BCUT2D eigenvalue weighted by Gasteiger charge is 2.24. The van der Waals surface area contributed by atoms with E-state index in [1.165, 1.54) is 16.7 Å². The van der Waals surface area contributed by atoms with E-state index in [4.69, 9.17) is 0 Å². The van der Waals surface area contributed by atoms with Crippen molar-refractivity contribution in [3.05, 3.63) is 34.9 Å². The fraction of sp³-hybridized carbons (Fsp3) is 0.533. The van der Waals surface area contributed by atoms with Crippen molar-refractivity contribution < 1.29 is 4.79 Å². The van der Waals surface area contributed by atoms with Crippen LogP contribution >= 0.6 is 0 Å². The van der Waals surface area contributed by atoms with Crippen molar-refractivity contribution in [3.63, 3.8) is 0 Å². The smallest absolute Gasteiger partial charge is 0.239 e. The number of aryl methyl sites for hydroxylation is 2. The molecule has 1 amide bonds. The van der Waals surface area contributed by atoms with Crippen molar-refractivity contribution >= 4 is 5.91 Å². The molecule has 1 N–H and O–H groups in total. The van der Waals surface area contributed by atoms with E-state index in [0.717, 1.165) is 19.4 Å². The Kier molecular flexibility index (Phi) is 4.02. The summed E-state index contributed by atoms with van der Waals surface area (Å²) in [4.78, 5) is 14.0. The first-order valence-electron chi connectivity index (χ1n) is 6.62. The van der Waals surface area contributed by atoms with E-state index in [-0.39, 0.29) is 11.9 Å². The van der Waals surface area contributed by atoms with Crippen LogP contribution in [0.25, 0.3) is 0 Å². The minimum Gasteiger partial charge on any atom is -0.340 e. The van der Waals surface area contributed by atoms with Gasteiger partial charge < -0.3 is 10.2 Å². The van der Waals surface area contributed by atoms with E-state index < -0.39 is 0 Å². The van der Waals surface area contributed by atoms with Gasteiger partial charge >= 0.3 is 0 Å². The third-order valence-electron chi connectivity index (χ3n) is 3.64. The van der Waals surface area contributed by atoms with E-state index in [0.29, 0.717) is 6.54 Å². The molecule has 1 saturated heterocycles. The minimum atomic E-state index is 0.0285. The van der Waals surface area contributed by atoms with Gasteiger partial charge in [-0.05, 0) is 44.4 Å². The fourth-order valence-corrected chi connectivity index (χ4v) is 2.52. The SMILES string of the molecule is Cc1ccc(CN(C)C(=O)[C@@H]2CCCN2)c(C)c1. The molecule has 1 aromatic rings. The molecule has 1 fully saturated rings. The number of amides is 1. The van der Waals surface area contributed by atoms with Crippen LogP contribution in [0.1, 0.15) is 29.5 Å². The Morgan fingerprint density at radius 1 is 1.44 bits per heavy atom. The summed E-state index contributed by atoms with van der Waals surface area (Å²) >= 11 is 0. The number of benzene rings is 1. The molecule has 0 radical (unpaired) electrons. The second kappa shape index (κ2) is 5.53. The van der Waals surface area contributed by atoms with Crippen LogP contribution in [0, 0.1) is 13.8 Å². The number of hydrogen-bond donors (Lipinski definition) is 1. The van der Waals surface area contributed by atoms with Gasteiger partial charge in [0.25, 0.3) is 0 Å². The van der Waals surface area contributed by atoms with E-state index in [1.807, 2.05) is 11.9 Å². The van der Waals surface area contributed by atoms with Gasteiger partial charge in [-0.25, -0.2) is 0 Å². The zero-order chi connectivity index (χ0) is 13.1. The molecule has 0 unspecified atom stereocenters. The molecule has 98 valence electrons. The van der Waals surface area contributed by atoms with Crippen molar-refractivity contribution in [1.82, 2.24) is 10.2 Å². The molecule has 3 nitrogen and oxygen atoms in total. The maximum atomic E-state index is 12.2. The summed E-state index contributed by atoms with van der Waals surface area (Å²) in [6.07, 6.45) is 2.07. The summed E-state index contributed by atoms with van der Waals surface area (Å²) in [6, 6.07) is 6.42. The molecule has 1 atom stereocenters. The van der Waals surface area contributed by atoms with Crippen LogP contribution in [0.5, 0.6) is 0 Å². The van der Waals surface area contributed by atoms with Crippen LogP contribution < -0.4 is 5.32 Å². The Morgan fingerprint density at radius 3 is 2.83 bits per heavy atom. The van der Waals surface area contributed by atoms with Gasteiger partial charge in [0.1, 0.15) is 0 Å². The lowest BCUT2D eigenvalue weighted by atomic mass is 10.1. The first kappa shape index (κ1) is 13.1. The molecule has 3 heteroatoms. The third-order valence-corrected chi connectivity index (χ3v) is 3.64. The number of hydrogen-bond acceptors (Lipinski definition) is 2. The van der Waals surface area contributed by atoms with Gasteiger partial charge in [-0.15, -0.1) is 0 Å². The zero-order valence-electron chi connectivity index (χ0n) is 11.5. The van der Waals surface area contributed by atoms with Gasteiger partial charge in [0.2, 0.25) is 5.91 Å². The van der Waals surface area contributed by atoms with Crippen LogP contribution in [0.3, 0.4) is 0 Å². The lowest BCUT2D eigenvalue weighted by Crippen LogP contribution is -2.41. The number of rotatable bonds is 3. The van der Waals surface area contributed by atoms with E-state index in [2.05, 4.69) is 37.4 Å². The van der Waals surface area contributed by atoms with Gasteiger partial charge in [-0.3, -0.25) is 4.79 Å². The molecular weight excluding hydrogens is 224 g/mol. The summed E-state index contributed by atoms with van der Waals surface area (Å²) < 4.78 is 0. The van der Waals surface area contributed by atoms with E-state index in [9.17, 15) is 4.79 Å². The fourth-order valence-electron chi connectivity index (χ4n) is 2.52. The number of nitrogens with zero attached hydrogens (tertiary/aromatic N) is 1. The molecular formula is C15H22N2O. The molecule has 18 heavy (non-hydrogen) atoms. The Balaban J connectivity index is 2.01. The summed E-state index contributed by atoms with van der Waals surface area (Å²) in [5.74, 6) is 0.215. The van der Waals surface area contributed by atoms with Crippen LogP contribution in [0.15, 0.2) is 18.2 Å². The lowest BCUT2D eigenvalue weighted by molar-refractivity contribution is -0.132. The summed E-state index contributed by atoms with van der Waals surface area (Å²) in [5, 5.41) is 3.26. The van der Waals surface area contributed by atoms with Crippen LogP contribution in [0.4, 0.5) is 0 Å². The molecule has 1 aromatic carbocycles. The largest absolute Gasteiger partial charge is 0.340 e. The number of carbonyl (C=O) groups is 1. The average molecular weight is 246 g/mol. The Labute approximate surface area is 109 Å². The standard InChI is InChI=1S/C15H22N2O/c1-11-6-7-13(12(2)9-11)10-17(3)15(18)14-5-4-8-16-14/h6-7,9,14,16H,4-5,8,10H2,1-3H3/t14-/m0/s1. The maximum Gasteiger partial charge on any atom is 0.239 e. The van der Waals surface area contributed by atoms with Crippen LogP contribution in [-0.4, -0.2) is 30.4 Å². The molecule has 0 bridgehead atoms. The summed E-state index contributed by atoms with van der Waals surface area (Å²) in [6.45, 7) is 5.86. The van der Waals surface area contributed by atoms with E-state index >= 15 is 0 Å². The molecule has 1 aliphatic rings. The minimum absolute atomic E-state index is 0.0285. The van der Waals surface area contributed by atoms with Gasteiger partial charge in [0.05, 0.1) is 6.04 Å². The van der Waals surface area contributed by atoms with Gasteiger partial charge in [0, 0.05) is 13.6 Å². The van der Waals surface area contributed by atoms with Crippen molar-refractivity contribution in [2.45, 2.75) is 39.3 Å². The predicted molar refractivity (Wildman–Crippen MR) is 73.4 cm³/mol.